The van der Waals surface area contributed by atoms with Gasteiger partial charge in [-0.1, -0.05) is 6.92 Å². The van der Waals surface area contributed by atoms with Crippen molar-refractivity contribution in [3.63, 3.8) is 0 Å². The molecule has 5 aliphatic rings. The first-order valence-electron chi connectivity index (χ1n) is 8.74. The topological polar surface area (TPSA) is 26.7 Å². The monoisotopic (exact) mass is 278 g/mol. The molecule has 3 nitrogen and oxygen atoms in total. The van der Waals surface area contributed by atoms with Crippen LogP contribution in [0.2, 0.25) is 0 Å². The SMILES string of the molecule is CCC1CN(C2C3CC4CC2CC(O)(C4)C3)CCN1C. The van der Waals surface area contributed by atoms with Gasteiger partial charge in [0.25, 0.3) is 0 Å². The number of hydrogen-bond donors (Lipinski definition) is 1. The van der Waals surface area contributed by atoms with Crippen molar-refractivity contribution < 1.29 is 5.11 Å². The van der Waals surface area contributed by atoms with Gasteiger partial charge >= 0.3 is 0 Å². The third kappa shape index (κ3) is 2.05. The van der Waals surface area contributed by atoms with Crippen molar-refractivity contribution >= 4 is 0 Å². The maximum atomic E-state index is 10.7. The first-order valence-corrected chi connectivity index (χ1v) is 8.74. The molecule has 0 spiro atoms. The molecule has 20 heavy (non-hydrogen) atoms. The molecule has 0 aromatic rings. The van der Waals surface area contributed by atoms with E-state index in [0.717, 1.165) is 49.1 Å². The molecule has 0 radical (unpaired) electrons. The van der Waals surface area contributed by atoms with Crippen LogP contribution in [0.15, 0.2) is 0 Å². The highest BCUT2D eigenvalue weighted by Gasteiger charge is 2.56. The molecule has 4 bridgehead atoms. The normalized spacial score (nSPS) is 52.6. The van der Waals surface area contributed by atoms with Gasteiger partial charge in [0.2, 0.25) is 0 Å². The molecule has 3 heteroatoms. The van der Waals surface area contributed by atoms with Gasteiger partial charge in [-0.05, 0) is 63.3 Å². The number of nitrogens with zero attached hydrogens (tertiary/aromatic N) is 2. The van der Waals surface area contributed by atoms with Gasteiger partial charge < -0.3 is 10.0 Å². The molecule has 0 aromatic carbocycles. The first-order chi connectivity index (χ1) is 9.58. The molecule has 1 saturated heterocycles. The summed E-state index contributed by atoms with van der Waals surface area (Å²) in [6, 6.07) is 1.53. The van der Waals surface area contributed by atoms with Crippen LogP contribution in [0.3, 0.4) is 0 Å². The van der Waals surface area contributed by atoms with E-state index in [1.54, 1.807) is 0 Å². The highest BCUT2D eigenvalue weighted by molar-refractivity contribution is 5.09. The summed E-state index contributed by atoms with van der Waals surface area (Å²) in [5.41, 5.74) is -0.274. The highest BCUT2D eigenvalue weighted by atomic mass is 16.3. The Labute approximate surface area is 123 Å². The van der Waals surface area contributed by atoms with E-state index in [1.807, 2.05) is 0 Å². The zero-order valence-corrected chi connectivity index (χ0v) is 13.1. The molecule has 0 amide bonds. The van der Waals surface area contributed by atoms with Gasteiger partial charge in [0.05, 0.1) is 5.60 Å². The predicted molar refractivity (Wildman–Crippen MR) is 80.6 cm³/mol. The van der Waals surface area contributed by atoms with Crippen molar-refractivity contribution in [1.29, 1.82) is 0 Å². The van der Waals surface area contributed by atoms with E-state index in [0.29, 0.717) is 0 Å². The zero-order chi connectivity index (χ0) is 13.9. The van der Waals surface area contributed by atoms with E-state index < -0.39 is 0 Å². The van der Waals surface area contributed by atoms with E-state index in [2.05, 4.69) is 23.8 Å². The van der Waals surface area contributed by atoms with Crippen molar-refractivity contribution in [3.8, 4) is 0 Å². The van der Waals surface area contributed by atoms with Gasteiger partial charge in [-0.3, -0.25) is 4.90 Å². The summed E-state index contributed by atoms with van der Waals surface area (Å²) in [7, 11) is 2.28. The second-order valence-electron chi connectivity index (χ2n) is 8.22. The van der Waals surface area contributed by atoms with Crippen LogP contribution in [0.5, 0.6) is 0 Å². The van der Waals surface area contributed by atoms with E-state index in [-0.39, 0.29) is 5.60 Å². The summed E-state index contributed by atoms with van der Waals surface area (Å²) in [5, 5.41) is 10.7. The lowest BCUT2D eigenvalue weighted by molar-refractivity contribution is -0.165. The summed E-state index contributed by atoms with van der Waals surface area (Å²) in [6.07, 6.45) is 7.34. The summed E-state index contributed by atoms with van der Waals surface area (Å²) in [6.45, 7) is 6.05. The van der Waals surface area contributed by atoms with Crippen molar-refractivity contribution in [2.24, 2.45) is 17.8 Å². The largest absolute Gasteiger partial charge is 0.390 e. The summed E-state index contributed by atoms with van der Waals surface area (Å²) < 4.78 is 0. The Morgan fingerprint density at radius 3 is 2.40 bits per heavy atom. The van der Waals surface area contributed by atoms with Crippen LogP contribution in [-0.2, 0) is 0 Å². The lowest BCUT2D eigenvalue weighted by atomic mass is 9.52. The molecule has 5 rings (SSSR count). The highest BCUT2D eigenvalue weighted by Crippen LogP contribution is 2.57. The van der Waals surface area contributed by atoms with Crippen LogP contribution in [-0.4, -0.2) is 59.3 Å². The van der Waals surface area contributed by atoms with Gasteiger partial charge in [-0.2, -0.15) is 0 Å². The van der Waals surface area contributed by atoms with Gasteiger partial charge in [0, 0.05) is 31.7 Å². The minimum Gasteiger partial charge on any atom is -0.390 e. The molecule has 4 saturated carbocycles. The number of likely N-dealkylation sites (N-methyl/N-ethyl adjacent to an activating group) is 1. The Bertz CT molecular complexity index is 369. The molecule has 5 fully saturated rings. The van der Waals surface area contributed by atoms with Gasteiger partial charge in [-0.15, -0.1) is 0 Å². The predicted octanol–water partition coefficient (Wildman–Crippen LogP) is 1.95. The Balaban J connectivity index is 1.52. The second-order valence-corrected chi connectivity index (χ2v) is 8.22. The maximum Gasteiger partial charge on any atom is 0.0657 e. The molecule has 3 atom stereocenters. The van der Waals surface area contributed by atoms with Gasteiger partial charge in [0.1, 0.15) is 0 Å². The Hall–Kier alpha value is -0.120. The fraction of sp³-hybridized carbons (Fsp3) is 1.00. The van der Waals surface area contributed by atoms with E-state index in [4.69, 9.17) is 0 Å². The lowest BCUT2D eigenvalue weighted by Crippen LogP contribution is -2.65. The van der Waals surface area contributed by atoms with Crippen LogP contribution < -0.4 is 0 Å². The Morgan fingerprint density at radius 1 is 1.10 bits per heavy atom. The Morgan fingerprint density at radius 2 is 1.80 bits per heavy atom. The summed E-state index contributed by atoms with van der Waals surface area (Å²) >= 11 is 0. The molecule has 1 aliphatic heterocycles. The quantitative estimate of drug-likeness (QED) is 0.836. The van der Waals surface area contributed by atoms with Crippen molar-refractivity contribution in [3.05, 3.63) is 0 Å². The smallest absolute Gasteiger partial charge is 0.0657 e. The zero-order valence-electron chi connectivity index (χ0n) is 13.1. The molecule has 0 aromatic heterocycles. The van der Waals surface area contributed by atoms with Crippen LogP contribution in [0.1, 0.15) is 45.4 Å². The average Bonchev–Trinajstić information content (AvgIpc) is 2.38. The van der Waals surface area contributed by atoms with Crippen molar-refractivity contribution in [2.45, 2.75) is 63.1 Å². The van der Waals surface area contributed by atoms with E-state index in [9.17, 15) is 5.11 Å². The van der Waals surface area contributed by atoms with Crippen LogP contribution >= 0.6 is 0 Å². The Kier molecular flexibility index (Phi) is 3.17. The molecule has 1 N–H and O–H groups in total. The first kappa shape index (κ1) is 13.5. The number of rotatable bonds is 2. The maximum absolute atomic E-state index is 10.7. The lowest BCUT2D eigenvalue weighted by Gasteiger charge is -2.61. The minimum absolute atomic E-state index is 0.274. The van der Waals surface area contributed by atoms with Crippen molar-refractivity contribution in [2.75, 3.05) is 26.7 Å². The van der Waals surface area contributed by atoms with Gasteiger partial charge in [0.15, 0.2) is 0 Å². The van der Waals surface area contributed by atoms with E-state index >= 15 is 0 Å². The third-order valence-corrected chi connectivity index (χ3v) is 6.89. The fourth-order valence-electron chi connectivity index (χ4n) is 6.23. The standard InChI is InChI=1S/C17H30N2O/c1-3-15-11-19(5-4-18(15)2)16-13-6-12-7-14(16)10-17(20,8-12)9-13/h12-16,20H,3-11H2,1-2H3. The van der Waals surface area contributed by atoms with Crippen LogP contribution in [0, 0.1) is 17.8 Å². The second kappa shape index (κ2) is 4.69. The van der Waals surface area contributed by atoms with Crippen LogP contribution in [0.25, 0.3) is 0 Å². The van der Waals surface area contributed by atoms with E-state index in [1.165, 1.54) is 38.9 Å². The fourth-order valence-corrected chi connectivity index (χ4v) is 6.23. The molecular weight excluding hydrogens is 248 g/mol. The van der Waals surface area contributed by atoms with Crippen LogP contribution in [0.4, 0.5) is 0 Å². The number of aliphatic hydroxyl groups is 1. The van der Waals surface area contributed by atoms with Crippen molar-refractivity contribution in [1.82, 2.24) is 9.80 Å². The molecule has 114 valence electrons. The summed E-state index contributed by atoms with van der Waals surface area (Å²) in [5.74, 6) is 2.41. The molecule has 1 heterocycles. The minimum atomic E-state index is -0.274. The third-order valence-electron chi connectivity index (χ3n) is 6.89. The molecular formula is C17H30N2O. The average molecular weight is 278 g/mol. The number of hydrogen-bond acceptors (Lipinski definition) is 3. The van der Waals surface area contributed by atoms with Gasteiger partial charge in [-0.25, -0.2) is 0 Å². The molecule has 3 unspecified atom stereocenters. The summed E-state index contributed by atoms with van der Waals surface area (Å²) in [4.78, 5) is 5.35. The molecule has 4 aliphatic carbocycles. The number of piperazine rings is 1.